The zero-order valence-corrected chi connectivity index (χ0v) is 18.3. The predicted octanol–water partition coefficient (Wildman–Crippen LogP) is 3.81. The molecule has 0 amide bonds. The summed E-state index contributed by atoms with van der Waals surface area (Å²) in [7, 11) is 1.23. The molecule has 0 bridgehead atoms. The van der Waals surface area contributed by atoms with Gasteiger partial charge in [-0.1, -0.05) is 12.1 Å². The number of sulfonamides is 1. The normalized spacial score (nSPS) is 15.0. The van der Waals surface area contributed by atoms with Crippen molar-refractivity contribution in [3.8, 4) is 17.2 Å². The van der Waals surface area contributed by atoms with Gasteiger partial charge in [-0.25, -0.2) is 8.42 Å². The minimum Gasteiger partial charge on any atom is -0.496 e. The lowest BCUT2D eigenvalue weighted by molar-refractivity contribution is 0.372. The van der Waals surface area contributed by atoms with Crippen molar-refractivity contribution in [1.29, 1.82) is 0 Å². The molecule has 1 aliphatic heterocycles. The van der Waals surface area contributed by atoms with Crippen molar-refractivity contribution >= 4 is 15.6 Å². The van der Waals surface area contributed by atoms with E-state index < -0.39 is 10.0 Å². The van der Waals surface area contributed by atoms with Crippen LogP contribution in [0.15, 0.2) is 41.3 Å². The van der Waals surface area contributed by atoms with Crippen LogP contribution in [0, 0.1) is 13.8 Å². The first-order valence-electron chi connectivity index (χ1n) is 9.38. The Morgan fingerprint density at radius 1 is 0.897 bits per heavy atom. The van der Waals surface area contributed by atoms with Gasteiger partial charge in [0.25, 0.3) is 0 Å². The summed E-state index contributed by atoms with van der Waals surface area (Å²) in [4.78, 5) is 0.331. The number of ether oxygens (including phenoxy) is 3. The number of rotatable bonds is 6. The molecule has 156 valence electrons. The number of hydrogen-bond donors (Lipinski definition) is 0. The van der Waals surface area contributed by atoms with E-state index in [1.54, 1.807) is 45.6 Å². The van der Waals surface area contributed by atoms with E-state index in [1.807, 2.05) is 26.0 Å². The van der Waals surface area contributed by atoms with E-state index in [4.69, 9.17) is 14.2 Å². The third-order valence-electron chi connectivity index (χ3n) is 5.32. The van der Waals surface area contributed by atoms with Crippen LogP contribution in [0.1, 0.15) is 23.1 Å². The molecule has 0 spiro atoms. The van der Waals surface area contributed by atoms with Gasteiger partial charge in [-0.05, 0) is 49.1 Å². The zero-order valence-electron chi connectivity index (χ0n) is 17.5. The summed E-state index contributed by atoms with van der Waals surface area (Å²) in [5.74, 6) is 1.91. The zero-order chi connectivity index (χ0) is 21.2. The molecule has 0 saturated carbocycles. The summed E-state index contributed by atoms with van der Waals surface area (Å²) >= 11 is 0. The quantitative estimate of drug-likeness (QED) is 0.715. The van der Waals surface area contributed by atoms with Crippen molar-refractivity contribution < 1.29 is 22.6 Å². The lowest BCUT2D eigenvalue weighted by Gasteiger charge is -2.27. The van der Waals surface area contributed by atoms with Gasteiger partial charge in [-0.15, -0.1) is 0 Å². The monoisotopic (exact) mass is 417 g/mol. The van der Waals surface area contributed by atoms with Gasteiger partial charge in [-0.2, -0.15) is 4.31 Å². The van der Waals surface area contributed by atoms with Gasteiger partial charge in [0, 0.05) is 25.2 Å². The molecule has 3 rings (SSSR count). The van der Waals surface area contributed by atoms with Crippen LogP contribution in [0.4, 0.5) is 0 Å². The van der Waals surface area contributed by atoms with Gasteiger partial charge >= 0.3 is 0 Å². The molecule has 2 aromatic rings. The highest BCUT2D eigenvalue weighted by molar-refractivity contribution is 7.89. The fraction of sp³-hybridized carbons (Fsp3) is 0.364. The number of aryl methyl sites for hydroxylation is 2. The smallest absolute Gasteiger partial charge is 0.243 e. The van der Waals surface area contributed by atoms with Gasteiger partial charge in [0.2, 0.25) is 10.0 Å². The van der Waals surface area contributed by atoms with Crippen molar-refractivity contribution in [2.45, 2.75) is 25.2 Å². The highest BCUT2D eigenvalue weighted by atomic mass is 32.2. The first-order chi connectivity index (χ1) is 13.8. The molecular weight excluding hydrogens is 390 g/mol. The third-order valence-corrected chi connectivity index (χ3v) is 7.19. The molecule has 0 N–H and O–H groups in total. The Bertz CT molecular complexity index is 1020. The third kappa shape index (κ3) is 4.11. The van der Waals surface area contributed by atoms with E-state index in [2.05, 4.69) is 0 Å². The lowest BCUT2D eigenvalue weighted by atomic mass is 9.98. The van der Waals surface area contributed by atoms with Gasteiger partial charge in [0.05, 0.1) is 31.8 Å². The molecule has 0 saturated heterocycles. The Kier molecular flexibility index (Phi) is 6.19. The van der Waals surface area contributed by atoms with E-state index in [0.717, 1.165) is 22.3 Å². The van der Waals surface area contributed by atoms with Crippen LogP contribution < -0.4 is 14.2 Å². The van der Waals surface area contributed by atoms with Crippen LogP contribution in [0.3, 0.4) is 0 Å². The molecule has 0 fully saturated rings. The van der Waals surface area contributed by atoms with Gasteiger partial charge < -0.3 is 14.2 Å². The Morgan fingerprint density at radius 3 is 2.03 bits per heavy atom. The van der Waals surface area contributed by atoms with Crippen molar-refractivity contribution in [2.75, 3.05) is 34.4 Å². The summed E-state index contributed by atoms with van der Waals surface area (Å²) in [5, 5.41) is 0. The van der Waals surface area contributed by atoms with E-state index in [-0.39, 0.29) is 0 Å². The van der Waals surface area contributed by atoms with E-state index in [0.29, 0.717) is 41.7 Å². The van der Waals surface area contributed by atoms with Gasteiger partial charge in [0.15, 0.2) is 0 Å². The molecule has 0 radical (unpaired) electrons. The van der Waals surface area contributed by atoms with Crippen molar-refractivity contribution in [1.82, 2.24) is 4.31 Å². The molecule has 7 heteroatoms. The average Bonchev–Trinajstić information content (AvgIpc) is 2.74. The molecule has 0 atom stereocenters. The Hall–Kier alpha value is -2.51. The summed E-state index contributed by atoms with van der Waals surface area (Å²) in [5.41, 5.74) is 3.86. The second-order valence-corrected chi connectivity index (χ2v) is 8.93. The number of benzene rings is 2. The maximum Gasteiger partial charge on any atom is 0.243 e. The Morgan fingerprint density at radius 2 is 1.55 bits per heavy atom. The lowest BCUT2D eigenvalue weighted by Crippen LogP contribution is -2.34. The molecule has 1 heterocycles. The molecule has 29 heavy (non-hydrogen) atoms. The fourth-order valence-electron chi connectivity index (χ4n) is 3.44. The van der Waals surface area contributed by atoms with Crippen LogP contribution >= 0.6 is 0 Å². The maximum absolute atomic E-state index is 13.1. The number of methoxy groups -OCH3 is 3. The molecule has 2 aromatic carbocycles. The molecule has 0 aliphatic carbocycles. The van der Waals surface area contributed by atoms with E-state index >= 15 is 0 Å². The number of nitrogens with zero attached hydrogens (tertiary/aromatic N) is 1. The van der Waals surface area contributed by atoms with Crippen molar-refractivity contribution in [3.05, 3.63) is 53.1 Å². The molecule has 0 aromatic heterocycles. The fourth-order valence-corrected chi connectivity index (χ4v) is 4.91. The first kappa shape index (κ1) is 21.2. The first-order valence-corrected chi connectivity index (χ1v) is 10.8. The van der Waals surface area contributed by atoms with Gasteiger partial charge in [-0.3, -0.25) is 0 Å². The Labute approximate surface area is 172 Å². The molecule has 6 nitrogen and oxygen atoms in total. The number of hydrogen-bond acceptors (Lipinski definition) is 5. The summed E-state index contributed by atoms with van der Waals surface area (Å²) in [6, 6.07) is 8.86. The second kappa shape index (κ2) is 8.47. The molecule has 1 aliphatic rings. The highest BCUT2D eigenvalue weighted by Crippen LogP contribution is 2.41. The molecular formula is C22H27NO5S. The highest BCUT2D eigenvalue weighted by Gasteiger charge is 2.28. The van der Waals surface area contributed by atoms with Crippen molar-refractivity contribution in [2.24, 2.45) is 0 Å². The molecule has 0 unspecified atom stereocenters. The maximum atomic E-state index is 13.1. The summed E-state index contributed by atoms with van der Waals surface area (Å²) in [6.07, 6.45) is 2.48. The van der Waals surface area contributed by atoms with Crippen LogP contribution in [-0.4, -0.2) is 47.1 Å². The van der Waals surface area contributed by atoms with E-state index in [9.17, 15) is 8.42 Å². The summed E-state index contributed by atoms with van der Waals surface area (Å²) < 4.78 is 44.0. The summed E-state index contributed by atoms with van der Waals surface area (Å²) in [6.45, 7) is 4.57. The average molecular weight is 418 g/mol. The minimum atomic E-state index is -3.54. The van der Waals surface area contributed by atoms with Crippen LogP contribution in [0.25, 0.3) is 5.57 Å². The van der Waals surface area contributed by atoms with Crippen molar-refractivity contribution in [3.63, 3.8) is 0 Å². The van der Waals surface area contributed by atoms with Crippen LogP contribution in [-0.2, 0) is 10.0 Å². The Balaban J connectivity index is 1.92. The van der Waals surface area contributed by atoms with E-state index in [1.165, 1.54) is 4.31 Å². The second-order valence-electron chi connectivity index (χ2n) is 7.00. The standard InChI is InChI=1S/C22H27NO5S/c1-15-6-7-19(12-16(15)2)29(24,25)23-10-8-17(9-11-23)22-20(27-4)13-18(26-3)14-21(22)28-5/h6-8,12-14H,9-11H2,1-5H3. The largest absolute Gasteiger partial charge is 0.496 e. The SMILES string of the molecule is COc1cc(OC)c(C2=CCN(S(=O)(=O)c3ccc(C)c(C)c3)CC2)c(OC)c1. The van der Waals surface area contributed by atoms with Crippen LogP contribution in [0.5, 0.6) is 17.2 Å². The minimum absolute atomic E-state index is 0.295. The predicted molar refractivity (Wildman–Crippen MR) is 113 cm³/mol. The topological polar surface area (TPSA) is 65.1 Å². The van der Waals surface area contributed by atoms with Crippen LogP contribution in [0.2, 0.25) is 0 Å². The van der Waals surface area contributed by atoms with Gasteiger partial charge in [0.1, 0.15) is 17.2 Å².